The summed E-state index contributed by atoms with van der Waals surface area (Å²) in [5.74, 6) is 2.34. The zero-order valence-corrected chi connectivity index (χ0v) is 22.0. The number of methoxy groups -OCH3 is 1. The molecule has 0 aromatic heterocycles. The number of fused-ring (bicyclic) bond motifs is 1. The van der Waals surface area contributed by atoms with E-state index in [1.54, 1.807) is 7.11 Å². The fourth-order valence-corrected chi connectivity index (χ4v) is 4.94. The molecule has 1 N–H and O–H groups in total. The Morgan fingerprint density at radius 1 is 1.16 bits per heavy atom. The third-order valence-electron chi connectivity index (χ3n) is 7.04. The van der Waals surface area contributed by atoms with Crippen molar-refractivity contribution in [2.45, 2.75) is 31.8 Å². The number of hydrogen-bond donors (Lipinski definition) is 1. The molecule has 0 bridgehead atoms. The Balaban J connectivity index is 1.35. The average Bonchev–Trinajstić information content (AvgIpc) is 2.94. The van der Waals surface area contributed by atoms with E-state index < -0.39 is 0 Å². The summed E-state index contributed by atoms with van der Waals surface area (Å²) in [6, 6.07) is 14.5. The molecule has 2 aliphatic rings. The number of ether oxygens (including phenoxy) is 3. The SMILES string of the molecule is COc1ccc(N(C)C)c(/C(CCN2CCC(NCc3ccc4c(c3)OCCO4)CC2)=C(/C#N)C=O)c1. The maximum absolute atomic E-state index is 11.8. The molecule has 196 valence electrons. The van der Waals surface area contributed by atoms with Crippen LogP contribution in [-0.2, 0) is 11.3 Å². The van der Waals surface area contributed by atoms with Crippen molar-refractivity contribution in [3.8, 4) is 23.3 Å². The molecular weight excluding hydrogens is 468 g/mol. The zero-order valence-electron chi connectivity index (χ0n) is 22.0. The van der Waals surface area contributed by atoms with Gasteiger partial charge < -0.3 is 29.3 Å². The Labute approximate surface area is 219 Å². The lowest BCUT2D eigenvalue weighted by Gasteiger charge is -2.33. The van der Waals surface area contributed by atoms with Crippen LogP contribution in [0.1, 0.15) is 30.4 Å². The number of hydrogen-bond acceptors (Lipinski definition) is 8. The molecule has 37 heavy (non-hydrogen) atoms. The summed E-state index contributed by atoms with van der Waals surface area (Å²) in [6.07, 6.45) is 3.38. The quantitative estimate of drug-likeness (QED) is 0.298. The Hall–Kier alpha value is -3.54. The van der Waals surface area contributed by atoms with Gasteiger partial charge in [-0.25, -0.2) is 0 Å². The zero-order chi connectivity index (χ0) is 26.2. The summed E-state index contributed by atoms with van der Waals surface area (Å²) in [7, 11) is 5.53. The highest BCUT2D eigenvalue weighted by Crippen LogP contribution is 2.34. The maximum atomic E-state index is 11.8. The molecule has 1 saturated heterocycles. The highest BCUT2D eigenvalue weighted by molar-refractivity contribution is 5.95. The Morgan fingerprint density at radius 3 is 2.59 bits per heavy atom. The largest absolute Gasteiger partial charge is 0.497 e. The molecule has 1 fully saturated rings. The molecule has 4 rings (SSSR count). The first-order valence-corrected chi connectivity index (χ1v) is 12.8. The van der Waals surface area contributed by atoms with E-state index in [1.807, 2.05) is 43.3 Å². The molecule has 0 atom stereocenters. The highest BCUT2D eigenvalue weighted by Gasteiger charge is 2.22. The van der Waals surface area contributed by atoms with Gasteiger partial charge in [0.15, 0.2) is 17.8 Å². The van der Waals surface area contributed by atoms with Gasteiger partial charge in [-0.3, -0.25) is 4.79 Å². The lowest BCUT2D eigenvalue weighted by Crippen LogP contribution is -2.42. The van der Waals surface area contributed by atoms with Crippen LogP contribution in [0.4, 0.5) is 5.69 Å². The van der Waals surface area contributed by atoms with E-state index in [-0.39, 0.29) is 5.57 Å². The molecule has 8 nitrogen and oxygen atoms in total. The lowest BCUT2D eigenvalue weighted by atomic mass is 9.94. The van der Waals surface area contributed by atoms with Crippen LogP contribution in [0.3, 0.4) is 0 Å². The Bertz CT molecular complexity index is 1160. The molecule has 2 heterocycles. The van der Waals surface area contributed by atoms with Gasteiger partial charge >= 0.3 is 0 Å². The molecule has 0 saturated carbocycles. The monoisotopic (exact) mass is 504 g/mol. The van der Waals surface area contributed by atoms with Crippen LogP contribution in [0.2, 0.25) is 0 Å². The molecule has 0 radical (unpaired) electrons. The molecule has 0 unspecified atom stereocenters. The molecule has 8 heteroatoms. The van der Waals surface area contributed by atoms with E-state index in [1.165, 1.54) is 5.56 Å². The average molecular weight is 505 g/mol. The third kappa shape index (κ3) is 6.62. The van der Waals surface area contributed by atoms with Crippen molar-refractivity contribution in [2.75, 3.05) is 59.0 Å². The summed E-state index contributed by atoms with van der Waals surface area (Å²) in [5.41, 5.74) is 3.94. The minimum Gasteiger partial charge on any atom is -0.497 e. The van der Waals surface area contributed by atoms with Crippen LogP contribution >= 0.6 is 0 Å². The number of allylic oxidation sites excluding steroid dienone is 1. The number of nitrogens with zero attached hydrogens (tertiary/aromatic N) is 3. The second-order valence-electron chi connectivity index (χ2n) is 9.62. The van der Waals surface area contributed by atoms with Gasteiger partial charge in [0.25, 0.3) is 0 Å². The standard InChI is InChI=1S/C29H36N4O4/c1-32(2)27-6-5-24(35-3)17-26(27)25(22(18-30)20-34)10-13-33-11-8-23(9-12-33)31-19-21-4-7-28-29(16-21)37-15-14-36-28/h4-7,16-17,20,23,31H,8-15,19H2,1-3H3/b25-22-. The van der Waals surface area contributed by atoms with Crippen molar-refractivity contribution in [3.05, 3.63) is 53.1 Å². The number of nitrogens with one attached hydrogen (secondary N) is 1. The van der Waals surface area contributed by atoms with Gasteiger partial charge in [0.05, 0.1) is 12.7 Å². The number of piperidine rings is 1. The minimum atomic E-state index is 0.173. The number of anilines is 1. The summed E-state index contributed by atoms with van der Waals surface area (Å²) in [6.45, 7) is 4.71. The first-order valence-electron chi connectivity index (χ1n) is 12.8. The lowest BCUT2D eigenvalue weighted by molar-refractivity contribution is -0.104. The van der Waals surface area contributed by atoms with E-state index in [2.05, 4.69) is 28.4 Å². The van der Waals surface area contributed by atoms with Gasteiger partial charge in [0, 0.05) is 44.5 Å². The molecule has 0 spiro atoms. The van der Waals surface area contributed by atoms with Crippen molar-refractivity contribution >= 4 is 17.5 Å². The van der Waals surface area contributed by atoms with Crippen molar-refractivity contribution in [1.29, 1.82) is 5.26 Å². The predicted molar refractivity (Wildman–Crippen MR) is 144 cm³/mol. The van der Waals surface area contributed by atoms with Gasteiger partial charge in [-0.05, 0) is 73.8 Å². The second-order valence-corrected chi connectivity index (χ2v) is 9.62. The van der Waals surface area contributed by atoms with Crippen LogP contribution in [-0.4, -0.2) is 71.3 Å². The number of rotatable bonds is 10. The van der Waals surface area contributed by atoms with Crippen LogP contribution in [0.5, 0.6) is 17.2 Å². The van der Waals surface area contributed by atoms with Crippen LogP contribution < -0.4 is 24.4 Å². The maximum Gasteiger partial charge on any atom is 0.161 e. The van der Waals surface area contributed by atoms with E-state index in [0.717, 1.165) is 67.3 Å². The first kappa shape index (κ1) is 26.5. The number of aldehydes is 1. The van der Waals surface area contributed by atoms with Gasteiger partial charge in [-0.15, -0.1) is 0 Å². The number of benzene rings is 2. The van der Waals surface area contributed by atoms with Gasteiger partial charge in [-0.1, -0.05) is 6.07 Å². The van der Waals surface area contributed by atoms with Crippen LogP contribution in [0, 0.1) is 11.3 Å². The minimum absolute atomic E-state index is 0.173. The fraction of sp³-hybridized carbons (Fsp3) is 0.448. The van der Waals surface area contributed by atoms with Crippen molar-refractivity contribution in [1.82, 2.24) is 10.2 Å². The van der Waals surface area contributed by atoms with Crippen molar-refractivity contribution < 1.29 is 19.0 Å². The Kier molecular flexibility index (Phi) is 9.04. The fourth-order valence-electron chi connectivity index (χ4n) is 4.94. The van der Waals surface area contributed by atoms with E-state index in [0.29, 0.717) is 37.7 Å². The van der Waals surface area contributed by atoms with Gasteiger partial charge in [-0.2, -0.15) is 5.26 Å². The number of likely N-dealkylation sites (tertiary alicyclic amines) is 1. The predicted octanol–water partition coefficient (Wildman–Crippen LogP) is 3.65. The topological polar surface area (TPSA) is 87.1 Å². The second kappa shape index (κ2) is 12.6. The van der Waals surface area contributed by atoms with Crippen LogP contribution in [0.15, 0.2) is 42.0 Å². The molecule has 0 amide bonds. The molecule has 0 aliphatic carbocycles. The van der Waals surface area contributed by atoms with Crippen molar-refractivity contribution in [3.63, 3.8) is 0 Å². The van der Waals surface area contributed by atoms with E-state index in [9.17, 15) is 10.1 Å². The third-order valence-corrected chi connectivity index (χ3v) is 7.04. The summed E-state index contributed by atoms with van der Waals surface area (Å²) >= 11 is 0. The molecule has 2 aromatic carbocycles. The van der Waals surface area contributed by atoms with E-state index in [4.69, 9.17) is 14.2 Å². The smallest absolute Gasteiger partial charge is 0.161 e. The molecular formula is C29H36N4O4. The van der Waals surface area contributed by atoms with E-state index >= 15 is 0 Å². The summed E-state index contributed by atoms with van der Waals surface area (Å²) in [4.78, 5) is 16.2. The van der Waals surface area contributed by atoms with Gasteiger partial charge in [0.2, 0.25) is 0 Å². The number of nitriles is 1. The molecule has 2 aromatic rings. The van der Waals surface area contributed by atoms with Crippen LogP contribution in [0.25, 0.3) is 5.57 Å². The normalized spacial score (nSPS) is 16.5. The first-order chi connectivity index (χ1) is 18.0. The number of carbonyl (C=O) groups is 1. The molecule has 2 aliphatic heterocycles. The Morgan fingerprint density at radius 2 is 1.92 bits per heavy atom. The van der Waals surface area contributed by atoms with Crippen molar-refractivity contribution in [2.24, 2.45) is 0 Å². The van der Waals surface area contributed by atoms with Gasteiger partial charge in [0.1, 0.15) is 25.0 Å². The summed E-state index contributed by atoms with van der Waals surface area (Å²) in [5, 5.41) is 13.4. The summed E-state index contributed by atoms with van der Waals surface area (Å²) < 4.78 is 16.7. The highest BCUT2D eigenvalue weighted by atomic mass is 16.6. The number of carbonyl (C=O) groups excluding carboxylic acids is 1.